The first-order valence-corrected chi connectivity index (χ1v) is 12.2. The zero-order valence-corrected chi connectivity index (χ0v) is 19.5. The van der Waals surface area contributed by atoms with E-state index in [0.29, 0.717) is 17.6 Å². The van der Waals surface area contributed by atoms with Crippen molar-refractivity contribution in [3.05, 3.63) is 59.9 Å². The molecule has 35 heavy (non-hydrogen) atoms. The second-order valence-corrected chi connectivity index (χ2v) is 9.34. The lowest BCUT2D eigenvalue weighted by molar-refractivity contribution is -0.147. The molecule has 1 aliphatic heterocycles. The maximum absolute atomic E-state index is 13.6. The van der Waals surface area contributed by atoms with E-state index in [1.807, 2.05) is 29.8 Å². The Labute approximate surface area is 202 Å². The number of nitrogens with zero attached hydrogens (tertiary/aromatic N) is 6. The molecule has 0 unspecified atom stereocenters. The highest BCUT2D eigenvalue weighted by Gasteiger charge is 2.37. The Balaban J connectivity index is 1.15. The molecule has 4 heterocycles. The molecule has 1 fully saturated rings. The number of thiazole rings is 1. The van der Waals surface area contributed by atoms with Gasteiger partial charge >= 0.3 is 6.18 Å². The number of H-pyrrole nitrogens is 1. The van der Waals surface area contributed by atoms with E-state index in [4.69, 9.17) is 0 Å². The summed E-state index contributed by atoms with van der Waals surface area (Å²) < 4.78 is 42.1. The summed E-state index contributed by atoms with van der Waals surface area (Å²) in [6.07, 6.45) is -4.49. The Morgan fingerprint density at radius 2 is 1.63 bits per heavy atom. The smallest absolute Gasteiger partial charge is 0.359 e. The average molecular weight is 498 g/mol. The van der Waals surface area contributed by atoms with E-state index in [0.717, 1.165) is 53.7 Å². The fourth-order valence-corrected chi connectivity index (χ4v) is 5.48. The number of aromatic amines is 1. The molecule has 0 radical (unpaired) electrons. The molecule has 0 spiro atoms. The van der Waals surface area contributed by atoms with E-state index in [2.05, 4.69) is 29.7 Å². The molecule has 2 aromatic carbocycles. The molecule has 1 saturated heterocycles. The van der Waals surface area contributed by atoms with Crippen molar-refractivity contribution in [3.63, 3.8) is 0 Å². The Kier molecular flexibility index (Phi) is 5.45. The highest BCUT2D eigenvalue weighted by molar-refractivity contribution is 7.14. The van der Waals surface area contributed by atoms with Crippen LogP contribution in [0.3, 0.4) is 0 Å². The van der Waals surface area contributed by atoms with Crippen molar-refractivity contribution in [3.8, 4) is 11.5 Å². The quantitative estimate of drug-likeness (QED) is 0.375. The van der Waals surface area contributed by atoms with Gasteiger partial charge in [-0.25, -0.2) is 15.0 Å². The molecule has 3 aromatic heterocycles. The van der Waals surface area contributed by atoms with Crippen molar-refractivity contribution in [1.29, 1.82) is 0 Å². The predicted octanol–water partition coefficient (Wildman–Crippen LogP) is 4.88. The van der Waals surface area contributed by atoms with E-state index < -0.39 is 12.0 Å². The van der Waals surface area contributed by atoms with Crippen molar-refractivity contribution < 1.29 is 13.2 Å². The summed E-state index contributed by atoms with van der Waals surface area (Å²) in [5.41, 5.74) is 5.41. The van der Waals surface area contributed by atoms with Gasteiger partial charge in [0.15, 0.2) is 5.82 Å². The molecular weight excluding hydrogens is 475 g/mol. The maximum atomic E-state index is 13.6. The van der Waals surface area contributed by atoms with Gasteiger partial charge in [0.2, 0.25) is 5.82 Å². The van der Waals surface area contributed by atoms with Gasteiger partial charge in [0.25, 0.3) is 0 Å². The number of alkyl halides is 3. The molecule has 7 nitrogen and oxygen atoms in total. The molecule has 0 aliphatic carbocycles. The second-order valence-electron chi connectivity index (χ2n) is 8.51. The van der Waals surface area contributed by atoms with Gasteiger partial charge in [-0.15, -0.1) is 11.3 Å². The lowest BCUT2D eigenvalue weighted by Crippen LogP contribution is -2.47. The lowest BCUT2D eigenvalue weighted by atomic mass is 10.3. The molecular formula is C24H22F3N7S. The molecule has 11 heteroatoms. The third kappa shape index (κ3) is 4.14. The van der Waals surface area contributed by atoms with Gasteiger partial charge in [-0.1, -0.05) is 24.3 Å². The van der Waals surface area contributed by atoms with Crippen molar-refractivity contribution in [2.45, 2.75) is 12.7 Å². The molecule has 6 rings (SSSR count). The number of aromatic nitrogens is 5. The van der Waals surface area contributed by atoms with Crippen molar-refractivity contribution >= 4 is 38.4 Å². The summed E-state index contributed by atoms with van der Waals surface area (Å²) >= 11 is 1.58. The van der Waals surface area contributed by atoms with Crippen LogP contribution < -0.4 is 4.90 Å². The van der Waals surface area contributed by atoms with Gasteiger partial charge in [-0.2, -0.15) is 13.2 Å². The van der Waals surface area contributed by atoms with Crippen LogP contribution in [0.2, 0.25) is 0 Å². The van der Waals surface area contributed by atoms with E-state index in [1.165, 1.54) is 4.57 Å². The van der Waals surface area contributed by atoms with Crippen LogP contribution in [0.15, 0.2) is 54.0 Å². The van der Waals surface area contributed by atoms with Crippen LogP contribution in [0.25, 0.3) is 33.6 Å². The highest BCUT2D eigenvalue weighted by Crippen LogP contribution is 2.34. The average Bonchev–Trinajstić information content (AvgIpc) is 3.59. The van der Waals surface area contributed by atoms with Gasteiger partial charge in [0, 0.05) is 39.3 Å². The SMILES string of the molecule is FC(F)(F)c1nc2ccccc2n1CCN1CCN(c2scnc2-c2nc3ccccc3[nH]2)CC1. The summed E-state index contributed by atoms with van der Waals surface area (Å²) in [5, 5.41) is 1.06. The minimum atomic E-state index is -4.49. The van der Waals surface area contributed by atoms with Gasteiger partial charge < -0.3 is 14.5 Å². The minimum Gasteiger partial charge on any atom is -0.359 e. The van der Waals surface area contributed by atoms with E-state index >= 15 is 0 Å². The van der Waals surface area contributed by atoms with Crippen LogP contribution >= 0.6 is 11.3 Å². The number of para-hydroxylation sites is 4. The minimum absolute atomic E-state index is 0.236. The molecule has 1 aliphatic rings. The predicted molar refractivity (Wildman–Crippen MR) is 131 cm³/mol. The van der Waals surface area contributed by atoms with Gasteiger partial charge in [0.05, 0.1) is 27.6 Å². The number of anilines is 1. The van der Waals surface area contributed by atoms with Crippen LogP contribution in [0.1, 0.15) is 5.82 Å². The normalized spacial score (nSPS) is 15.5. The molecule has 0 bridgehead atoms. The van der Waals surface area contributed by atoms with Crippen LogP contribution in [0.4, 0.5) is 18.2 Å². The van der Waals surface area contributed by atoms with E-state index in [1.54, 1.807) is 35.6 Å². The van der Waals surface area contributed by atoms with Crippen LogP contribution in [-0.4, -0.2) is 62.1 Å². The zero-order chi connectivity index (χ0) is 24.0. The Hall–Kier alpha value is -3.44. The lowest BCUT2D eigenvalue weighted by Gasteiger charge is -2.35. The summed E-state index contributed by atoms with van der Waals surface area (Å²) in [6.45, 7) is 3.81. The highest BCUT2D eigenvalue weighted by atomic mass is 32.1. The Bertz CT molecular complexity index is 1440. The number of halogens is 3. The molecule has 0 saturated carbocycles. The van der Waals surface area contributed by atoms with Crippen molar-refractivity contribution in [2.24, 2.45) is 0 Å². The number of hydrogen-bond donors (Lipinski definition) is 1. The Morgan fingerprint density at radius 3 is 2.40 bits per heavy atom. The van der Waals surface area contributed by atoms with Gasteiger partial charge in [-0.05, 0) is 24.3 Å². The first-order chi connectivity index (χ1) is 17.0. The van der Waals surface area contributed by atoms with Gasteiger partial charge in [0.1, 0.15) is 10.7 Å². The van der Waals surface area contributed by atoms with Crippen LogP contribution in [0.5, 0.6) is 0 Å². The molecule has 1 N–H and O–H groups in total. The molecule has 5 aromatic rings. The van der Waals surface area contributed by atoms with E-state index in [-0.39, 0.29) is 6.54 Å². The monoisotopic (exact) mass is 497 g/mol. The first kappa shape index (κ1) is 22.1. The van der Waals surface area contributed by atoms with Gasteiger partial charge in [-0.3, -0.25) is 4.90 Å². The van der Waals surface area contributed by atoms with Crippen LogP contribution in [0, 0.1) is 0 Å². The number of rotatable bonds is 5. The number of fused-ring (bicyclic) bond motifs is 2. The molecule has 0 atom stereocenters. The molecule has 0 amide bonds. The fraction of sp³-hybridized carbons (Fsp3) is 0.292. The standard InChI is InChI=1S/C24H22F3N7S/c25-24(26,27)23-31-18-7-3-4-8-19(18)34(23)14-11-32-9-12-33(13-10-32)22-20(28-15-35-22)21-29-16-5-1-2-6-17(16)30-21/h1-8,15H,9-14H2,(H,29,30). The van der Waals surface area contributed by atoms with Crippen LogP contribution in [-0.2, 0) is 12.7 Å². The number of piperazine rings is 1. The summed E-state index contributed by atoms with van der Waals surface area (Å²) in [4.78, 5) is 20.9. The third-order valence-corrected chi connectivity index (χ3v) is 7.26. The number of imidazole rings is 2. The number of benzene rings is 2. The summed E-state index contributed by atoms with van der Waals surface area (Å²) in [7, 11) is 0. The first-order valence-electron chi connectivity index (χ1n) is 11.4. The van der Waals surface area contributed by atoms with E-state index in [9.17, 15) is 13.2 Å². The number of nitrogens with one attached hydrogen (secondary N) is 1. The third-order valence-electron chi connectivity index (χ3n) is 6.37. The fourth-order valence-electron chi connectivity index (χ4n) is 4.63. The number of hydrogen-bond acceptors (Lipinski definition) is 6. The van der Waals surface area contributed by atoms with Crippen molar-refractivity contribution in [2.75, 3.05) is 37.6 Å². The summed E-state index contributed by atoms with van der Waals surface area (Å²) in [5.74, 6) is -0.0889. The topological polar surface area (TPSA) is 65.9 Å². The second kappa shape index (κ2) is 8.65. The maximum Gasteiger partial charge on any atom is 0.449 e. The summed E-state index contributed by atoms with van der Waals surface area (Å²) in [6, 6.07) is 14.6. The molecule has 180 valence electrons. The zero-order valence-electron chi connectivity index (χ0n) is 18.7. The van der Waals surface area contributed by atoms with Crippen molar-refractivity contribution in [1.82, 2.24) is 29.4 Å². The largest absolute Gasteiger partial charge is 0.449 e. The Morgan fingerprint density at radius 1 is 0.886 bits per heavy atom.